The monoisotopic (exact) mass is 297 g/mol. The zero-order valence-corrected chi connectivity index (χ0v) is 10.3. The summed E-state index contributed by atoms with van der Waals surface area (Å²) in [7, 11) is 1.67. The van der Waals surface area contributed by atoms with Gasteiger partial charge >= 0.3 is 6.18 Å². The lowest BCUT2D eigenvalue weighted by Crippen LogP contribution is -2.26. The van der Waals surface area contributed by atoms with Gasteiger partial charge in [-0.25, -0.2) is 0 Å². The molecule has 0 aromatic carbocycles. The molecule has 1 heterocycles. The van der Waals surface area contributed by atoms with Gasteiger partial charge in [0.25, 0.3) is 0 Å². The molecular weight excluding hydrogens is 287 g/mol. The Kier molecular flexibility index (Phi) is 4.12. The van der Waals surface area contributed by atoms with Crippen molar-refractivity contribution >= 4 is 26.3 Å². The highest BCUT2D eigenvalue weighted by atomic mass is 79.9. The molecule has 0 atom stereocenters. The van der Waals surface area contributed by atoms with Gasteiger partial charge in [0.1, 0.15) is 4.62 Å². The van der Waals surface area contributed by atoms with E-state index in [0.717, 1.165) is 0 Å². The summed E-state index contributed by atoms with van der Waals surface area (Å²) in [5, 5.41) is 5.52. The van der Waals surface area contributed by atoms with Crippen LogP contribution in [-0.2, 0) is 0 Å². The number of aliphatic imine (C=N–C) groups is 1. The lowest BCUT2D eigenvalue weighted by molar-refractivity contribution is -0.132. The van der Waals surface area contributed by atoms with Crippen molar-refractivity contribution in [3.63, 3.8) is 0 Å². The molecule has 0 aromatic heterocycles. The summed E-state index contributed by atoms with van der Waals surface area (Å²) in [6.07, 6.45) is -4.69. The van der Waals surface area contributed by atoms with E-state index in [1.54, 1.807) is 7.05 Å². The number of hydrazone groups is 1. The van der Waals surface area contributed by atoms with Gasteiger partial charge in [-0.15, -0.1) is 0 Å². The molecule has 0 aliphatic carbocycles. The van der Waals surface area contributed by atoms with Crippen LogP contribution in [0, 0.1) is 0 Å². The van der Waals surface area contributed by atoms with Crippen molar-refractivity contribution in [2.24, 2.45) is 10.1 Å². The fourth-order valence-corrected chi connectivity index (χ4v) is 1.65. The Labute approximate surface area is 99.8 Å². The van der Waals surface area contributed by atoms with Crippen LogP contribution >= 0.6 is 15.9 Å². The first-order valence-corrected chi connectivity index (χ1v) is 5.35. The normalized spacial score (nSPS) is 20.3. The van der Waals surface area contributed by atoms with E-state index in [4.69, 9.17) is 0 Å². The quantitative estimate of drug-likeness (QED) is 0.770. The lowest BCUT2D eigenvalue weighted by atomic mass is 10.2. The zero-order chi connectivity index (χ0) is 12.3. The maximum Gasteiger partial charge on any atom is 0.390 e. The Morgan fingerprint density at radius 1 is 1.56 bits per heavy atom. The van der Waals surface area contributed by atoms with E-state index in [2.05, 4.69) is 32.6 Å². The van der Waals surface area contributed by atoms with Crippen LogP contribution in [0.1, 0.15) is 12.8 Å². The van der Waals surface area contributed by atoms with E-state index < -0.39 is 12.6 Å². The molecule has 0 N–H and O–H groups in total. The van der Waals surface area contributed by atoms with Gasteiger partial charge < -0.3 is 0 Å². The number of rotatable bonds is 2. The molecule has 1 rings (SSSR count). The van der Waals surface area contributed by atoms with Gasteiger partial charge in [0, 0.05) is 20.0 Å². The fraction of sp³-hybridized carbons (Fsp3) is 0.556. The average molecular weight is 298 g/mol. The molecule has 0 saturated carbocycles. The summed E-state index contributed by atoms with van der Waals surface area (Å²) < 4.78 is 36.4. The van der Waals surface area contributed by atoms with Crippen LogP contribution in [0.4, 0.5) is 13.2 Å². The number of halogens is 4. The van der Waals surface area contributed by atoms with Crippen molar-refractivity contribution < 1.29 is 13.2 Å². The third-order valence-electron chi connectivity index (χ3n) is 1.99. The predicted octanol–water partition coefficient (Wildman–Crippen LogP) is 2.94. The highest BCUT2D eigenvalue weighted by Crippen LogP contribution is 2.21. The van der Waals surface area contributed by atoms with Gasteiger partial charge in [-0.2, -0.15) is 18.3 Å². The number of hydrogen-bond acceptors (Lipinski definition) is 3. The minimum Gasteiger partial charge on any atom is -0.287 e. The Hall–Kier alpha value is -0.850. The van der Waals surface area contributed by atoms with E-state index in [0.29, 0.717) is 22.5 Å². The summed E-state index contributed by atoms with van der Waals surface area (Å²) in [6.45, 7) is 3.44. The summed E-state index contributed by atoms with van der Waals surface area (Å²) >= 11 is 3.19. The largest absolute Gasteiger partial charge is 0.390 e. The number of alkyl halides is 3. The molecule has 0 saturated heterocycles. The third-order valence-corrected chi connectivity index (χ3v) is 2.43. The van der Waals surface area contributed by atoms with Crippen molar-refractivity contribution in [1.82, 2.24) is 5.01 Å². The zero-order valence-electron chi connectivity index (χ0n) is 8.68. The third kappa shape index (κ3) is 3.96. The van der Waals surface area contributed by atoms with Crippen molar-refractivity contribution in [2.75, 3.05) is 13.6 Å². The van der Waals surface area contributed by atoms with Gasteiger partial charge in [0.2, 0.25) is 0 Å². The molecule has 16 heavy (non-hydrogen) atoms. The van der Waals surface area contributed by atoms with Crippen LogP contribution in [-0.4, -0.2) is 35.1 Å². The minimum atomic E-state index is -4.17. The molecule has 0 aromatic rings. The van der Waals surface area contributed by atoms with Gasteiger partial charge in [-0.05, 0) is 15.9 Å². The molecule has 0 unspecified atom stereocenters. The van der Waals surface area contributed by atoms with Crippen LogP contribution < -0.4 is 0 Å². The summed E-state index contributed by atoms with van der Waals surface area (Å²) in [5.74, 6) is 0. The number of nitrogens with zero attached hydrogens (tertiary/aromatic N) is 3. The summed E-state index contributed by atoms with van der Waals surface area (Å²) in [4.78, 5) is 3.90. The molecule has 0 bridgehead atoms. The van der Waals surface area contributed by atoms with E-state index >= 15 is 0 Å². The maximum absolute atomic E-state index is 11.9. The minimum absolute atomic E-state index is 0.272. The second-order valence-corrected chi connectivity index (χ2v) is 4.23. The second-order valence-electron chi connectivity index (χ2n) is 3.32. The Morgan fingerprint density at radius 2 is 2.19 bits per heavy atom. The Balaban J connectivity index is 2.63. The second kappa shape index (κ2) is 4.99. The predicted molar refractivity (Wildman–Crippen MR) is 60.9 cm³/mol. The van der Waals surface area contributed by atoms with Gasteiger partial charge in [0.05, 0.1) is 17.8 Å². The average Bonchev–Trinajstić information content (AvgIpc) is 2.11. The standard InChI is InChI=1S/C9H11BrF3N3/c1-6-7(5-8(10)15-16(6)2)14-4-3-9(11,12)13/h1,3-5H2,2H3. The lowest BCUT2D eigenvalue weighted by Gasteiger charge is -2.23. The summed E-state index contributed by atoms with van der Waals surface area (Å²) in [6, 6.07) is 0. The smallest absolute Gasteiger partial charge is 0.287 e. The fourth-order valence-electron chi connectivity index (χ4n) is 1.15. The van der Waals surface area contributed by atoms with E-state index in [-0.39, 0.29) is 6.54 Å². The molecule has 3 nitrogen and oxygen atoms in total. The number of allylic oxidation sites excluding steroid dienone is 1. The van der Waals surface area contributed by atoms with Gasteiger partial charge in [0.15, 0.2) is 0 Å². The molecule has 1 aliphatic heterocycles. The van der Waals surface area contributed by atoms with E-state index in [1.807, 2.05) is 0 Å². The van der Waals surface area contributed by atoms with Crippen LogP contribution in [0.25, 0.3) is 0 Å². The van der Waals surface area contributed by atoms with E-state index in [1.165, 1.54) is 5.01 Å². The van der Waals surface area contributed by atoms with Crippen LogP contribution in [0.3, 0.4) is 0 Å². The molecule has 0 spiro atoms. The highest BCUT2D eigenvalue weighted by molar-refractivity contribution is 9.18. The highest BCUT2D eigenvalue weighted by Gasteiger charge is 2.26. The molecule has 7 heteroatoms. The molecule has 90 valence electrons. The van der Waals surface area contributed by atoms with Crippen molar-refractivity contribution in [1.29, 1.82) is 0 Å². The Morgan fingerprint density at radius 3 is 2.75 bits per heavy atom. The number of hydrogen-bond donors (Lipinski definition) is 0. The first-order valence-electron chi connectivity index (χ1n) is 4.55. The van der Waals surface area contributed by atoms with Crippen molar-refractivity contribution in [2.45, 2.75) is 19.0 Å². The van der Waals surface area contributed by atoms with E-state index in [9.17, 15) is 13.2 Å². The van der Waals surface area contributed by atoms with Crippen molar-refractivity contribution in [3.05, 3.63) is 12.3 Å². The first kappa shape index (κ1) is 13.2. The van der Waals surface area contributed by atoms with Crippen LogP contribution in [0.2, 0.25) is 0 Å². The maximum atomic E-state index is 11.9. The topological polar surface area (TPSA) is 28.0 Å². The molecule has 0 amide bonds. The molecule has 0 radical (unpaired) electrons. The van der Waals surface area contributed by atoms with Crippen molar-refractivity contribution in [3.8, 4) is 0 Å². The molecule has 1 aliphatic rings. The molecular formula is C9H11BrF3N3. The Bertz CT molecular complexity index is 346. The van der Waals surface area contributed by atoms with Gasteiger partial charge in [-0.1, -0.05) is 6.58 Å². The SMILES string of the molecule is C=C1C(=NCCC(F)(F)F)CC(Br)=NN1C. The van der Waals surface area contributed by atoms with Crippen LogP contribution in [0.15, 0.2) is 22.4 Å². The molecule has 0 fully saturated rings. The first-order chi connectivity index (χ1) is 7.29. The summed E-state index contributed by atoms with van der Waals surface area (Å²) in [5.41, 5.74) is 1.07. The van der Waals surface area contributed by atoms with Crippen LogP contribution in [0.5, 0.6) is 0 Å². The van der Waals surface area contributed by atoms with Gasteiger partial charge in [-0.3, -0.25) is 10.0 Å².